The maximum atomic E-state index is 13.8. The number of ether oxygens (including phenoxy) is 4. The predicted octanol–water partition coefficient (Wildman–Crippen LogP) is 3.66. The molecule has 4 N–H and O–H groups in total. The Bertz CT molecular complexity index is 1570. The van der Waals surface area contributed by atoms with E-state index in [9.17, 15) is 29.1 Å². The van der Waals surface area contributed by atoms with Gasteiger partial charge in [0.05, 0.1) is 14.2 Å². The van der Waals surface area contributed by atoms with Gasteiger partial charge in [-0.05, 0) is 61.6 Å². The van der Waals surface area contributed by atoms with Crippen LogP contribution in [-0.4, -0.2) is 66.9 Å². The van der Waals surface area contributed by atoms with E-state index >= 15 is 0 Å². The van der Waals surface area contributed by atoms with Gasteiger partial charge in [0.15, 0.2) is 6.10 Å². The van der Waals surface area contributed by atoms with Crippen LogP contribution < -0.4 is 20.7 Å². The molecule has 0 aromatic heterocycles. The van der Waals surface area contributed by atoms with E-state index in [-0.39, 0.29) is 38.0 Å². The van der Waals surface area contributed by atoms with Gasteiger partial charge in [-0.15, -0.1) is 0 Å². The summed E-state index contributed by atoms with van der Waals surface area (Å²) < 4.78 is 20.5. The van der Waals surface area contributed by atoms with Crippen molar-refractivity contribution in [3.8, 4) is 5.75 Å². The van der Waals surface area contributed by atoms with E-state index in [0.717, 1.165) is 18.2 Å². The highest BCUT2D eigenvalue weighted by atomic mass is 16.6. The molecule has 0 saturated carbocycles. The van der Waals surface area contributed by atoms with Crippen LogP contribution in [0.25, 0.3) is 0 Å². The molecule has 268 valence electrons. The van der Waals surface area contributed by atoms with Crippen LogP contribution >= 0.6 is 0 Å². The molecular formula is C37H45N3O10. The van der Waals surface area contributed by atoms with E-state index in [0.29, 0.717) is 11.3 Å². The Kier molecular flexibility index (Phi) is 14.8. The van der Waals surface area contributed by atoms with E-state index in [1.807, 2.05) is 30.3 Å². The molecule has 0 aliphatic rings. The molecule has 3 amide bonds. The first kappa shape index (κ1) is 39.0. The van der Waals surface area contributed by atoms with Crippen LogP contribution in [0.2, 0.25) is 0 Å². The van der Waals surface area contributed by atoms with Crippen molar-refractivity contribution in [1.29, 1.82) is 0 Å². The van der Waals surface area contributed by atoms with Crippen molar-refractivity contribution in [2.75, 3.05) is 14.2 Å². The minimum Gasteiger partial charge on any atom is -0.497 e. The largest absolute Gasteiger partial charge is 0.497 e. The second kappa shape index (κ2) is 18.9. The number of carbonyl (C=O) groups excluding carboxylic acids is 5. The second-order valence-corrected chi connectivity index (χ2v) is 12.4. The lowest BCUT2D eigenvalue weighted by molar-refractivity contribution is -0.150. The van der Waals surface area contributed by atoms with Crippen molar-refractivity contribution in [2.45, 2.75) is 77.0 Å². The van der Waals surface area contributed by atoms with Gasteiger partial charge < -0.3 is 40.0 Å². The van der Waals surface area contributed by atoms with Gasteiger partial charge in [-0.2, -0.15) is 0 Å². The van der Waals surface area contributed by atoms with Gasteiger partial charge in [0, 0.05) is 19.4 Å². The molecular weight excluding hydrogens is 646 g/mol. The third-order valence-electron chi connectivity index (χ3n) is 7.31. The number of benzene rings is 3. The molecule has 0 aliphatic heterocycles. The first-order chi connectivity index (χ1) is 23.8. The summed E-state index contributed by atoms with van der Waals surface area (Å²) in [5, 5.41) is 18.2. The number of hydrogen-bond donors (Lipinski definition) is 4. The van der Waals surface area contributed by atoms with E-state index in [2.05, 4.69) is 20.7 Å². The minimum atomic E-state index is -1.50. The number of carbonyl (C=O) groups is 5. The van der Waals surface area contributed by atoms with Crippen LogP contribution in [0.3, 0.4) is 0 Å². The van der Waals surface area contributed by atoms with Gasteiger partial charge >= 0.3 is 18.0 Å². The summed E-state index contributed by atoms with van der Waals surface area (Å²) in [4.78, 5) is 64.4. The molecule has 0 fully saturated rings. The van der Waals surface area contributed by atoms with Crippen LogP contribution in [-0.2, 0) is 53.0 Å². The average molecular weight is 692 g/mol. The number of amides is 3. The molecule has 50 heavy (non-hydrogen) atoms. The maximum Gasteiger partial charge on any atom is 0.408 e. The van der Waals surface area contributed by atoms with Crippen molar-refractivity contribution >= 4 is 29.8 Å². The Balaban J connectivity index is 1.78. The van der Waals surface area contributed by atoms with Gasteiger partial charge in [-0.3, -0.25) is 14.4 Å². The maximum absolute atomic E-state index is 13.8. The molecule has 1 unspecified atom stereocenters. The topological polar surface area (TPSA) is 179 Å². The summed E-state index contributed by atoms with van der Waals surface area (Å²) in [6.45, 7) is 5.21. The van der Waals surface area contributed by atoms with Gasteiger partial charge in [0.2, 0.25) is 11.8 Å². The molecule has 3 atom stereocenters. The van der Waals surface area contributed by atoms with Gasteiger partial charge in [0.25, 0.3) is 0 Å². The Morgan fingerprint density at radius 2 is 1.40 bits per heavy atom. The molecule has 3 rings (SSSR count). The summed E-state index contributed by atoms with van der Waals surface area (Å²) in [6.07, 6.45) is -2.67. The number of hydrogen-bond acceptors (Lipinski definition) is 10. The number of aliphatic hydroxyl groups is 1. The highest BCUT2D eigenvalue weighted by Crippen LogP contribution is 2.17. The molecule has 13 heteroatoms. The molecule has 0 aliphatic carbocycles. The van der Waals surface area contributed by atoms with Crippen LogP contribution in [0.4, 0.5) is 4.79 Å². The molecule has 0 radical (unpaired) electrons. The number of rotatable bonds is 16. The van der Waals surface area contributed by atoms with Crippen molar-refractivity contribution in [1.82, 2.24) is 16.0 Å². The van der Waals surface area contributed by atoms with E-state index in [1.54, 1.807) is 64.3 Å². The molecule has 3 aromatic rings. The quantitative estimate of drug-likeness (QED) is 0.128. The fourth-order valence-corrected chi connectivity index (χ4v) is 4.65. The van der Waals surface area contributed by atoms with Crippen molar-refractivity contribution in [3.63, 3.8) is 0 Å². The zero-order chi connectivity index (χ0) is 36.7. The normalized spacial score (nSPS) is 12.8. The Morgan fingerprint density at radius 1 is 0.760 bits per heavy atom. The van der Waals surface area contributed by atoms with Crippen molar-refractivity contribution in [3.05, 3.63) is 101 Å². The van der Waals surface area contributed by atoms with Crippen molar-refractivity contribution < 1.29 is 48.0 Å². The lowest BCUT2D eigenvalue weighted by atomic mass is 10.0. The summed E-state index contributed by atoms with van der Waals surface area (Å²) in [7, 11) is 2.70. The number of methoxy groups -OCH3 is 2. The zero-order valence-electron chi connectivity index (χ0n) is 28.9. The predicted molar refractivity (Wildman–Crippen MR) is 183 cm³/mol. The third kappa shape index (κ3) is 13.2. The van der Waals surface area contributed by atoms with Crippen LogP contribution in [0.1, 0.15) is 62.0 Å². The monoisotopic (exact) mass is 691 g/mol. The second-order valence-electron chi connectivity index (χ2n) is 12.4. The average Bonchev–Trinajstić information content (AvgIpc) is 3.10. The molecule has 0 saturated heterocycles. The molecule has 0 spiro atoms. The van der Waals surface area contributed by atoms with Crippen LogP contribution in [0.5, 0.6) is 5.75 Å². The Morgan fingerprint density at radius 3 is 2.00 bits per heavy atom. The van der Waals surface area contributed by atoms with E-state index < -0.39 is 53.6 Å². The van der Waals surface area contributed by atoms with E-state index in [4.69, 9.17) is 14.2 Å². The summed E-state index contributed by atoms with van der Waals surface area (Å²) in [5.74, 6) is -2.01. The highest BCUT2D eigenvalue weighted by Gasteiger charge is 2.29. The highest BCUT2D eigenvalue weighted by molar-refractivity contribution is 5.91. The SMILES string of the molecule is COC(=O)C(O)c1ccc(C[C@H](NC(=O)OC(C)(C)C)C(=O)N[C@@H](CCC(=O)OCc2ccccc2)C(=O)NCc2ccc(OC)cc2)cc1. The lowest BCUT2D eigenvalue weighted by Crippen LogP contribution is -2.55. The van der Waals surface area contributed by atoms with Crippen molar-refractivity contribution in [2.24, 2.45) is 0 Å². The first-order valence-electron chi connectivity index (χ1n) is 16.0. The fraction of sp³-hybridized carbons (Fsp3) is 0.378. The standard InChI is InChI=1S/C37H45N3O10/c1-37(2,3)50-36(46)40-30(21-24-11-15-27(16-12-24)32(42)35(45)48-5)34(44)39-29(19-20-31(41)49-23-26-9-7-6-8-10-26)33(43)38-22-25-13-17-28(47-4)18-14-25/h6-18,29-30,32,42H,19-23H2,1-5H3,(H,38,43)(H,39,44)(H,40,46)/t29-,30-,32?/m0/s1. The molecule has 0 heterocycles. The summed E-state index contributed by atoms with van der Waals surface area (Å²) in [5.41, 5.74) is 1.55. The Hall–Kier alpha value is -5.43. The smallest absolute Gasteiger partial charge is 0.408 e. The fourth-order valence-electron chi connectivity index (χ4n) is 4.65. The van der Waals surface area contributed by atoms with Gasteiger partial charge in [-0.1, -0.05) is 66.7 Å². The number of alkyl carbamates (subject to hydrolysis) is 1. The minimum absolute atomic E-state index is 0.0427. The van der Waals surface area contributed by atoms with Gasteiger partial charge in [-0.25, -0.2) is 9.59 Å². The molecule has 13 nitrogen and oxygen atoms in total. The zero-order valence-corrected chi connectivity index (χ0v) is 28.9. The number of esters is 2. The van der Waals surface area contributed by atoms with Crippen LogP contribution in [0.15, 0.2) is 78.9 Å². The Labute approximate surface area is 291 Å². The van der Waals surface area contributed by atoms with E-state index in [1.165, 1.54) is 12.1 Å². The lowest BCUT2D eigenvalue weighted by Gasteiger charge is -2.25. The molecule has 3 aromatic carbocycles. The third-order valence-corrected chi connectivity index (χ3v) is 7.31. The first-order valence-corrected chi connectivity index (χ1v) is 16.0. The molecule has 0 bridgehead atoms. The summed E-state index contributed by atoms with van der Waals surface area (Å²) in [6, 6.07) is 19.9. The summed E-state index contributed by atoms with van der Waals surface area (Å²) >= 11 is 0. The number of nitrogens with one attached hydrogen (secondary N) is 3. The van der Waals surface area contributed by atoms with Gasteiger partial charge in [0.1, 0.15) is 30.0 Å². The number of aliphatic hydroxyl groups excluding tert-OH is 1. The van der Waals surface area contributed by atoms with Crippen LogP contribution in [0, 0.1) is 0 Å².